The second-order valence-corrected chi connectivity index (χ2v) is 7.12. The first-order valence-corrected chi connectivity index (χ1v) is 9.60. The maximum Gasteiger partial charge on any atom is 0.269 e. The van der Waals surface area contributed by atoms with Crippen LogP contribution in [0.5, 0.6) is 5.75 Å². The summed E-state index contributed by atoms with van der Waals surface area (Å²) in [7, 11) is 0. The average Bonchev–Trinajstić information content (AvgIpc) is 3.31. The van der Waals surface area contributed by atoms with E-state index >= 15 is 0 Å². The number of nitro groups is 1. The summed E-state index contributed by atoms with van der Waals surface area (Å²) in [6.07, 6.45) is 0.707. The van der Waals surface area contributed by atoms with Gasteiger partial charge in [0.2, 0.25) is 11.8 Å². The molecule has 0 radical (unpaired) electrons. The SMILES string of the molecule is CCOc1ccccc1N1CC(C(=O)N2CCc3cc([N+](=O)[O-])ccc32)CC1=O. The van der Waals surface area contributed by atoms with Crippen LogP contribution in [-0.2, 0) is 16.0 Å². The van der Waals surface area contributed by atoms with Gasteiger partial charge in [0.1, 0.15) is 5.75 Å². The van der Waals surface area contributed by atoms with Gasteiger partial charge >= 0.3 is 0 Å². The standard InChI is InChI=1S/C21H21N3O5/c1-2-29-19-6-4-3-5-18(19)23-13-15(12-20(23)25)21(26)22-10-9-14-11-16(24(27)28)7-8-17(14)22/h3-8,11,15H,2,9-10,12-13H2,1H3. The first-order valence-electron chi connectivity index (χ1n) is 9.60. The largest absolute Gasteiger partial charge is 0.492 e. The van der Waals surface area contributed by atoms with E-state index in [-0.39, 0.29) is 23.9 Å². The van der Waals surface area contributed by atoms with Crippen molar-refractivity contribution in [2.75, 3.05) is 29.5 Å². The molecule has 2 amide bonds. The smallest absolute Gasteiger partial charge is 0.269 e. The first-order chi connectivity index (χ1) is 14.0. The number of non-ortho nitro benzene ring substituents is 1. The summed E-state index contributed by atoms with van der Waals surface area (Å²) in [5.41, 5.74) is 2.18. The third kappa shape index (κ3) is 3.41. The number of anilines is 2. The van der Waals surface area contributed by atoms with Gasteiger partial charge in [-0.1, -0.05) is 12.1 Å². The molecule has 2 heterocycles. The zero-order chi connectivity index (χ0) is 20.5. The van der Waals surface area contributed by atoms with Crippen LogP contribution in [0.1, 0.15) is 18.9 Å². The summed E-state index contributed by atoms with van der Waals surface area (Å²) in [5.74, 6) is -0.0745. The molecule has 8 heteroatoms. The summed E-state index contributed by atoms with van der Waals surface area (Å²) in [6.45, 7) is 3.12. The lowest BCUT2D eigenvalue weighted by molar-refractivity contribution is -0.384. The molecular formula is C21H21N3O5. The van der Waals surface area contributed by atoms with Crippen LogP contribution in [-0.4, -0.2) is 36.4 Å². The summed E-state index contributed by atoms with van der Waals surface area (Å²) in [4.78, 5) is 39.6. The Morgan fingerprint density at radius 2 is 2.03 bits per heavy atom. The van der Waals surface area contributed by atoms with E-state index in [1.165, 1.54) is 12.1 Å². The van der Waals surface area contributed by atoms with E-state index in [0.29, 0.717) is 43.2 Å². The van der Waals surface area contributed by atoms with Crippen molar-refractivity contribution in [2.24, 2.45) is 5.92 Å². The fourth-order valence-electron chi connectivity index (χ4n) is 4.01. The van der Waals surface area contributed by atoms with Gasteiger partial charge in [-0.2, -0.15) is 0 Å². The van der Waals surface area contributed by atoms with Crippen molar-refractivity contribution in [3.63, 3.8) is 0 Å². The summed E-state index contributed by atoms with van der Waals surface area (Å²) in [5, 5.41) is 11.0. The van der Waals surface area contributed by atoms with Crippen molar-refractivity contribution in [3.05, 3.63) is 58.1 Å². The van der Waals surface area contributed by atoms with E-state index < -0.39 is 10.8 Å². The molecular weight excluding hydrogens is 374 g/mol. The summed E-state index contributed by atoms with van der Waals surface area (Å²) < 4.78 is 5.63. The van der Waals surface area contributed by atoms with Crippen molar-refractivity contribution in [1.29, 1.82) is 0 Å². The number of benzene rings is 2. The Kier molecular flexibility index (Phi) is 4.92. The van der Waals surface area contributed by atoms with E-state index in [2.05, 4.69) is 0 Å². The fourth-order valence-corrected chi connectivity index (χ4v) is 4.01. The number of ether oxygens (including phenoxy) is 1. The normalized spacial score (nSPS) is 18.1. The number of para-hydroxylation sites is 2. The van der Waals surface area contributed by atoms with Gasteiger partial charge < -0.3 is 14.5 Å². The molecule has 150 valence electrons. The summed E-state index contributed by atoms with van der Waals surface area (Å²) >= 11 is 0. The van der Waals surface area contributed by atoms with Gasteiger partial charge in [-0.25, -0.2) is 0 Å². The van der Waals surface area contributed by atoms with E-state index in [0.717, 1.165) is 5.56 Å². The molecule has 0 aromatic heterocycles. The highest BCUT2D eigenvalue weighted by molar-refractivity contribution is 6.05. The molecule has 29 heavy (non-hydrogen) atoms. The Morgan fingerprint density at radius 1 is 1.24 bits per heavy atom. The van der Waals surface area contributed by atoms with Gasteiger partial charge in [0.15, 0.2) is 0 Å². The molecule has 0 spiro atoms. The van der Waals surface area contributed by atoms with E-state index in [1.54, 1.807) is 15.9 Å². The molecule has 1 fully saturated rings. The van der Waals surface area contributed by atoms with Crippen LogP contribution in [0.3, 0.4) is 0 Å². The zero-order valence-electron chi connectivity index (χ0n) is 16.0. The topological polar surface area (TPSA) is 93.0 Å². The lowest BCUT2D eigenvalue weighted by atomic mass is 10.1. The molecule has 2 aromatic rings. The van der Waals surface area contributed by atoms with Gasteiger partial charge in [0.25, 0.3) is 5.69 Å². The number of hydrogen-bond donors (Lipinski definition) is 0. The molecule has 0 bridgehead atoms. The van der Waals surface area contributed by atoms with Crippen molar-refractivity contribution < 1.29 is 19.2 Å². The van der Waals surface area contributed by atoms with Crippen molar-refractivity contribution >= 4 is 28.9 Å². The van der Waals surface area contributed by atoms with Crippen LogP contribution in [0.25, 0.3) is 0 Å². The highest BCUT2D eigenvalue weighted by Crippen LogP contribution is 2.36. The maximum atomic E-state index is 13.1. The van der Waals surface area contributed by atoms with Crippen molar-refractivity contribution in [1.82, 2.24) is 0 Å². The van der Waals surface area contributed by atoms with E-state index in [4.69, 9.17) is 4.74 Å². The molecule has 1 atom stereocenters. The molecule has 0 aliphatic carbocycles. The number of hydrogen-bond acceptors (Lipinski definition) is 5. The molecule has 8 nitrogen and oxygen atoms in total. The molecule has 2 aromatic carbocycles. The van der Waals surface area contributed by atoms with Gasteiger partial charge in [-0.3, -0.25) is 19.7 Å². The predicted molar refractivity (Wildman–Crippen MR) is 107 cm³/mol. The molecule has 0 saturated carbocycles. The third-order valence-corrected chi connectivity index (χ3v) is 5.37. The molecule has 4 rings (SSSR count). The minimum absolute atomic E-state index is 0.0211. The minimum Gasteiger partial charge on any atom is -0.492 e. The number of nitrogens with zero attached hydrogens (tertiary/aromatic N) is 3. The Hall–Kier alpha value is -3.42. The van der Waals surface area contributed by atoms with E-state index in [9.17, 15) is 19.7 Å². The molecule has 1 unspecified atom stereocenters. The van der Waals surface area contributed by atoms with Gasteiger partial charge in [0, 0.05) is 37.3 Å². The number of nitro benzene ring substituents is 1. The first kappa shape index (κ1) is 18.9. The summed E-state index contributed by atoms with van der Waals surface area (Å²) in [6, 6.07) is 11.9. The van der Waals surface area contributed by atoms with Crippen LogP contribution in [0, 0.1) is 16.0 Å². The van der Waals surface area contributed by atoms with Gasteiger partial charge in [0.05, 0.1) is 23.1 Å². The number of fused-ring (bicyclic) bond motifs is 1. The maximum absolute atomic E-state index is 13.1. The van der Waals surface area contributed by atoms with Crippen LogP contribution in [0.15, 0.2) is 42.5 Å². The predicted octanol–water partition coefficient (Wildman–Crippen LogP) is 2.94. The van der Waals surface area contributed by atoms with Gasteiger partial charge in [-0.05, 0) is 37.1 Å². The third-order valence-electron chi connectivity index (χ3n) is 5.37. The second kappa shape index (κ2) is 7.54. The number of rotatable bonds is 5. The quantitative estimate of drug-likeness (QED) is 0.573. The molecule has 2 aliphatic rings. The number of carbonyl (C=O) groups is 2. The molecule has 2 aliphatic heterocycles. The van der Waals surface area contributed by atoms with Crippen LogP contribution < -0.4 is 14.5 Å². The van der Waals surface area contributed by atoms with Crippen LogP contribution in [0.2, 0.25) is 0 Å². The lowest BCUT2D eigenvalue weighted by Crippen LogP contribution is -2.36. The highest BCUT2D eigenvalue weighted by Gasteiger charge is 2.40. The highest BCUT2D eigenvalue weighted by atomic mass is 16.6. The molecule has 0 N–H and O–H groups in total. The average molecular weight is 395 g/mol. The number of amides is 2. The fraction of sp³-hybridized carbons (Fsp3) is 0.333. The number of carbonyl (C=O) groups excluding carboxylic acids is 2. The molecule has 1 saturated heterocycles. The van der Waals surface area contributed by atoms with Crippen LogP contribution >= 0.6 is 0 Å². The zero-order valence-corrected chi connectivity index (χ0v) is 16.0. The van der Waals surface area contributed by atoms with Crippen molar-refractivity contribution in [2.45, 2.75) is 19.8 Å². The van der Waals surface area contributed by atoms with Crippen LogP contribution in [0.4, 0.5) is 17.1 Å². The van der Waals surface area contributed by atoms with Gasteiger partial charge in [-0.15, -0.1) is 0 Å². The lowest BCUT2D eigenvalue weighted by Gasteiger charge is -2.22. The minimum atomic E-state index is -0.460. The Morgan fingerprint density at radius 3 is 2.79 bits per heavy atom. The van der Waals surface area contributed by atoms with E-state index in [1.807, 2.05) is 31.2 Å². The Bertz CT molecular complexity index is 990. The monoisotopic (exact) mass is 395 g/mol. The Labute approximate surface area is 167 Å². The van der Waals surface area contributed by atoms with Crippen molar-refractivity contribution in [3.8, 4) is 5.75 Å². The Balaban J connectivity index is 1.54. The second-order valence-electron chi connectivity index (χ2n) is 7.12.